The van der Waals surface area contributed by atoms with Crippen LogP contribution in [0, 0.1) is 25.7 Å². The number of ether oxygens (including phenoxy) is 1. The molecule has 0 N–H and O–H groups in total. The number of anilines is 1. The largest absolute Gasteiger partial charge is 0.370 e. The molecule has 3 fully saturated rings. The Kier molecular flexibility index (Phi) is 4.60. The summed E-state index contributed by atoms with van der Waals surface area (Å²) in [5.74, 6) is 2.64. The highest BCUT2D eigenvalue weighted by Crippen LogP contribution is 2.34. The fraction of sp³-hybridized carbons (Fsp3) is 0.722. The maximum absolute atomic E-state index is 11.8. The van der Waals surface area contributed by atoms with Gasteiger partial charge in [-0.3, -0.25) is 4.79 Å². The molecule has 0 radical (unpaired) electrons. The third kappa shape index (κ3) is 3.35. The van der Waals surface area contributed by atoms with Crippen LogP contribution in [0.15, 0.2) is 6.33 Å². The summed E-state index contributed by atoms with van der Waals surface area (Å²) in [4.78, 5) is 27.5. The van der Waals surface area contributed by atoms with Gasteiger partial charge < -0.3 is 19.4 Å². The van der Waals surface area contributed by atoms with E-state index in [2.05, 4.69) is 26.7 Å². The molecule has 7 heteroatoms. The molecule has 4 heterocycles. The van der Waals surface area contributed by atoms with Crippen LogP contribution in [0.2, 0.25) is 0 Å². The first kappa shape index (κ1) is 16.7. The number of rotatable bonds is 4. The summed E-state index contributed by atoms with van der Waals surface area (Å²) in [5, 5.41) is 0. The number of fused-ring (bicyclic) bond motifs is 1. The number of amides is 1. The number of hydrogen-bond acceptors (Lipinski definition) is 6. The summed E-state index contributed by atoms with van der Waals surface area (Å²) in [6.45, 7) is 12.0. The third-order valence-electron chi connectivity index (χ3n) is 5.94. The van der Waals surface area contributed by atoms with Gasteiger partial charge in [0.2, 0.25) is 5.91 Å². The van der Waals surface area contributed by atoms with Gasteiger partial charge in [0.1, 0.15) is 18.8 Å². The fourth-order valence-corrected chi connectivity index (χ4v) is 4.34. The Morgan fingerprint density at radius 2 is 1.88 bits per heavy atom. The Morgan fingerprint density at radius 1 is 1.12 bits per heavy atom. The first-order chi connectivity index (χ1) is 12.1. The van der Waals surface area contributed by atoms with Crippen LogP contribution in [0.1, 0.15) is 11.3 Å². The summed E-state index contributed by atoms with van der Waals surface area (Å²) in [6, 6.07) is 0. The van der Waals surface area contributed by atoms with Crippen molar-refractivity contribution in [2.45, 2.75) is 13.8 Å². The molecule has 7 nitrogen and oxygen atoms in total. The molecule has 3 saturated heterocycles. The Bertz CT molecular complexity index is 638. The van der Waals surface area contributed by atoms with Gasteiger partial charge in [-0.25, -0.2) is 9.97 Å². The smallest absolute Gasteiger partial charge is 0.248 e. The number of likely N-dealkylation sites (tertiary alicyclic amines) is 1. The lowest BCUT2D eigenvalue weighted by Gasteiger charge is -2.29. The van der Waals surface area contributed by atoms with E-state index in [9.17, 15) is 4.79 Å². The van der Waals surface area contributed by atoms with E-state index in [0.717, 1.165) is 57.3 Å². The van der Waals surface area contributed by atoms with E-state index >= 15 is 0 Å². The highest BCUT2D eigenvalue weighted by atomic mass is 16.5. The zero-order chi connectivity index (χ0) is 17.4. The lowest BCUT2D eigenvalue weighted by molar-refractivity contribution is -0.142. The number of aryl methyl sites for hydroxylation is 1. The van der Waals surface area contributed by atoms with E-state index in [1.165, 1.54) is 5.56 Å². The molecule has 0 aromatic carbocycles. The van der Waals surface area contributed by atoms with Gasteiger partial charge in [0.15, 0.2) is 0 Å². The summed E-state index contributed by atoms with van der Waals surface area (Å²) in [6.07, 6.45) is 1.68. The second-order valence-corrected chi connectivity index (χ2v) is 7.53. The minimum Gasteiger partial charge on any atom is -0.370 e. The molecule has 0 saturated carbocycles. The number of aromatic nitrogens is 2. The van der Waals surface area contributed by atoms with Crippen LogP contribution in [0.25, 0.3) is 0 Å². The molecule has 3 aliphatic rings. The minimum absolute atomic E-state index is 0.131. The van der Waals surface area contributed by atoms with Crippen LogP contribution in [-0.4, -0.2) is 84.7 Å². The molecular formula is C18H27N5O2. The minimum atomic E-state index is 0.131. The quantitative estimate of drug-likeness (QED) is 0.783. The van der Waals surface area contributed by atoms with Crippen LogP contribution in [0.3, 0.4) is 0 Å². The van der Waals surface area contributed by atoms with Gasteiger partial charge in [0.05, 0.1) is 6.61 Å². The second-order valence-electron chi connectivity index (χ2n) is 7.53. The highest BCUT2D eigenvalue weighted by Gasteiger charge is 2.40. The fourth-order valence-electron chi connectivity index (χ4n) is 4.34. The molecule has 2 atom stereocenters. The van der Waals surface area contributed by atoms with Crippen LogP contribution in [0.5, 0.6) is 0 Å². The first-order valence-corrected chi connectivity index (χ1v) is 9.23. The maximum atomic E-state index is 11.8. The van der Waals surface area contributed by atoms with Gasteiger partial charge in [-0.05, 0) is 25.7 Å². The Balaban J connectivity index is 1.30. The summed E-state index contributed by atoms with van der Waals surface area (Å²) in [7, 11) is 0. The lowest BCUT2D eigenvalue weighted by atomic mass is 10.0. The van der Waals surface area contributed by atoms with Crippen molar-refractivity contribution in [2.75, 3.05) is 63.9 Å². The predicted molar refractivity (Wildman–Crippen MR) is 94.5 cm³/mol. The van der Waals surface area contributed by atoms with Crippen LogP contribution >= 0.6 is 0 Å². The first-order valence-electron chi connectivity index (χ1n) is 9.23. The molecule has 25 heavy (non-hydrogen) atoms. The van der Waals surface area contributed by atoms with E-state index in [1.54, 1.807) is 6.33 Å². The molecule has 1 amide bonds. The average Bonchev–Trinajstić information content (AvgIpc) is 3.15. The molecule has 0 aliphatic carbocycles. The normalized spacial score (nSPS) is 27.2. The average molecular weight is 345 g/mol. The standard InChI is InChI=1S/C18H27N5O2/c1-13-14(2)19-12-20-18(13)23-9-15-7-21(8-16(15)10-23)3-4-22-5-6-25-11-17(22)24/h12,15-16H,3-11H2,1-2H3. The van der Waals surface area contributed by atoms with Gasteiger partial charge >= 0.3 is 0 Å². The Labute approximate surface area is 149 Å². The molecule has 136 valence electrons. The van der Waals surface area contributed by atoms with Gasteiger partial charge in [-0.15, -0.1) is 0 Å². The predicted octanol–water partition coefficient (Wildman–Crippen LogP) is 0.320. The number of morpholine rings is 1. The highest BCUT2D eigenvalue weighted by molar-refractivity contribution is 5.77. The monoisotopic (exact) mass is 345 g/mol. The Hall–Kier alpha value is -1.73. The maximum Gasteiger partial charge on any atom is 0.248 e. The van der Waals surface area contributed by atoms with Gasteiger partial charge in [-0.2, -0.15) is 0 Å². The number of hydrogen-bond donors (Lipinski definition) is 0. The van der Waals surface area contributed by atoms with Crippen molar-refractivity contribution in [1.82, 2.24) is 19.8 Å². The van der Waals surface area contributed by atoms with Gasteiger partial charge in [-0.1, -0.05) is 0 Å². The van der Waals surface area contributed by atoms with Crippen molar-refractivity contribution in [2.24, 2.45) is 11.8 Å². The summed E-state index contributed by atoms with van der Waals surface area (Å²) in [5.41, 5.74) is 2.27. The molecule has 0 bridgehead atoms. The second kappa shape index (κ2) is 6.88. The zero-order valence-corrected chi connectivity index (χ0v) is 15.1. The molecular weight excluding hydrogens is 318 g/mol. The molecule has 0 spiro atoms. The molecule has 1 aromatic heterocycles. The van der Waals surface area contributed by atoms with Gasteiger partial charge in [0.25, 0.3) is 0 Å². The van der Waals surface area contributed by atoms with Crippen LogP contribution < -0.4 is 4.90 Å². The number of carbonyl (C=O) groups excluding carboxylic acids is 1. The molecule has 1 aromatic rings. The van der Waals surface area contributed by atoms with Gasteiger partial charge in [0, 0.05) is 57.1 Å². The topological polar surface area (TPSA) is 61.8 Å². The Morgan fingerprint density at radius 3 is 2.60 bits per heavy atom. The van der Waals surface area contributed by atoms with Crippen molar-refractivity contribution >= 4 is 11.7 Å². The van der Waals surface area contributed by atoms with E-state index in [0.29, 0.717) is 18.4 Å². The number of nitrogens with zero attached hydrogens (tertiary/aromatic N) is 5. The molecule has 4 rings (SSSR count). The van der Waals surface area contributed by atoms with Crippen molar-refractivity contribution in [1.29, 1.82) is 0 Å². The third-order valence-corrected chi connectivity index (χ3v) is 5.94. The van der Waals surface area contributed by atoms with Crippen LogP contribution in [0.4, 0.5) is 5.82 Å². The number of carbonyl (C=O) groups is 1. The van der Waals surface area contributed by atoms with Crippen LogP contribution in [-0.2, 0) is 9.53 Å². The van der Waals surface area contributed by atoms with E-state index in [4.69, 9.17) is 4.74 Å². The van der Waals surface area contributed by atoms with E-state index in [-0.39, 0.29) is 12.5 Å². The lowest BCUT2D eigenvalue weighted by Crippen LogP contribution is -2.45. The summed E-state index contributed by atoms with van der Waals surface area (Å²) >= 11 is 0. The van der Waals surface area contributed by atoms with Crippen molar-refractivity contribution < 1.29 is 9.53 Å². The molecule has 3 aliphatic heterocycles. The van der Waals surface area contributed by atoms with Crippen molar-refractivity contribution in [3.63, 3.8) is 0 Å². The van der Waals surface area contributed by atoms with E-state index < -0.39 is 0 Å². The van der Waals surface area contributed by atoms with E-state index in [1.807, 2.05) is 11.8 Å². The summed E-state index contributed by atoms with van der Waals surface area (Å²) < 4.78 is 5.20. The SMILES string of the molecule is Cc1ncnc(N2CC3CN(CCN4CCOCC4=O)CC3C2)c1C. The molecule has 2 unspecified atom stereocenters. The van der Waals surface area contributed by atoms with Crippen molar-refractivity contribution in [3.8, 4) is 0 Å². The van der Waals surface area contributed by atoms with Crippen molar-refractivity contribution in [3.05, 3.63) is 17.6 Å². The zero-order valence-electron chi connectivity index (χ0n) is 15.1.